The summed E-state index contributed by atoms with van der Waals surface area (Å²) in [6, 6.07) is 6.25. The zero-order valence-corrected chi connectivity index (χ0v) is 16.1. The van der Waals surface area contributed by atoms with Crippen LogP contribution in [0, 0.1) is 6.92 Å². The number of hydrogen-bond donors (Lipinski definition) is 1. The second-order valence-electron chi connectivity index (χ2n) is 7.76. The molecule has 0 atom stereocenters. The zero-order valence-electron chi connectivity index (χ0n) is 15.4. The van der Waals surface area contributed by atoms with E-state index in [-0.39, 0.29) is 5.56 Å². The van der Waals surface area contributed by atoms with Crippen LogP contribution in [0.2, 0.25) is 5.02 Å². The van der Waals surface area contributed by atoms with Crippen molar-refractivity contribution in [2.24, 2.45) is 0 Å². The van der Waals surface area contributed by atoms with Gasteiger partial charge in [0.25, 0.3) is 5.56 Å². The van der Waals surface area contributed by atoms with Crippen molar-refractivity contribution >= 4 is 11.6 Å². The van der Waals surface area contributed by atoms with Gasteiger partial charge in [-0.25, -0.2) is 4.98 Å². The van der Waals surface area contributed by atoms with Crippen molar-refractivity contribution in [3.8, 4) is 0 Å². The normalized spacial score (nSPS) is 18.7. The first-order chi connectivity index (χ1) is 12.6. The lowest BCUT2D eigenvalue weighted by atomic mass is 9.88. The molecular weight excluding hydrogens is 346 g/mol. The summed E-state index contributed by atoms with van der Waals surface area (Å²) < 4.78 is 0. The van der Waals surface area contributed by atoms with Gasteiger partial charge in [0.2, 0.25) is 0 Å². The highest BCUT2D eigenvalue weighted by molar-refractivity contribution is 6.31. The van der Waals surface area contributed by atoms with E-state index in [0.29, 0.717) is 5.92 Å². The molecule has 4 nitrogen and oxygen atoms in total. The van der Waals surface area contributed by atoms with Crippen molar-refractivity contribution in [2.75, 3.05) is 6.54 Å². The van der Waals surface area contributed by atoms with E-state index >= 15 is 0 Å². The molecular formula is C21H26ClN3O. The molecule has 2 aromatic rings. The quantitative estimate of drug-likeness (QED) is 0.873. The van der Waals surface area contributed by atoms with Gasteiger partial charge >= 0.3 is 0 Å². The summed E-state index contributed by atoms with van der Waals surface area (Å²) in [6.07, 6.45) is 6.85. The van der Waals surface area contributed by atoms with Gasteiger partial charge in [0.05, 0.1) is 5.69 Å². The maximum Gasteiger partial charge on any atom is 0.254 e. The Morgan fingerprint density at radius 1 is 1.27 bits per heavy atom. The Bertz CT molecular complexity index is 855. The third-order valence-electron chi connectivity index (χ3n) is 5.81. The molecule has 0 spiro atoms. The van der Waals surface area contributed by atoms with Crippen LogP contribution in [0.3, 0.4) is 0 Å². The van der Waals surface area contributed by atoms with Crippen molar-refractivity contribution in [1.82, 2.24) is 14.9 Å². The molecule has 1 aromatic heterocycles. The number of H-pyrrole nitrogens is 1. The number of halogens is 1. The predicted molar refractivity (Wildman–Crippen MR) is 105 cm³/mol. The maximum absolute atomic E-state index is 12.5. The molecule has 1 aliphatic heterocycles. The third-order valence-corrected chi connectivity index (χ3v) is 6.21. The van der Waals surface area contributed by atoms with Crippen LogP contribution in [-0.4, -0.2) is 21.4 Å². The van der Waals surface area contributed by atoms with E-state index in [9.17, 15) is 4.79 Å². The Hall–Kier alpha value is -1.65. The molecule has 26 heavy (non-hydrogen) atoms. The lowest BCUT2D eigenvalue weighted by Crippen LogP contribution is -2.35. The van der Waals surface area contributed by atoms with E-state index in [1.807, 2.05) is 13.0 Å². The van der Waals surface area contributed by atoms with E-state index in [2.05, 4.69) is 22.0 Å². The van der Waals surface area contributed by atoms with E-state index in [4.69, 9.17) is 16.6 Å². The number of aromatic nitrogens is 2. The number of fused-ring (bicyclic) bond motifs is 1. The van der Waals surface area contributed by atoms with E-state index in [1.165, 1.54) is 24.8 Å². The van der Waals surface area contributed by atoms with Gasteiger partial charge < -0.3 is 4.98 Å². The third kappa shape index (κ3) is 3.72. The molecule has 1 saturated carbocycles. The molecule has 4 rings (SSSR count). The van der Waals surface area contributed by atoms with Crippen LogP contribution in [0.15, 0.2) is 23.0 Å². The average Bonchev–Trinajstić information content (AvgIpc) is 2.65. The van der Waals surface area contributed by atoms with E-state index in [0.717, 1.165) is 66.6 Å². The standard InChI is InChI=1S/C21H26ClN3O/c1-14-7-8-15(11-18(14)22)12-25-10-9-17-19(13-25)23-20(24-21(17)26)16-5-3-2-4-6-16/h7-8,11,16H,2-6,9-10,12-13H2,1H3,(H,23,24,26). The zero-order chi connectivity index (χ0) is 18.1. The first kappa shape index (κ1) is 17.7. The van der Waals surface area contributed by atoms with Crippen LogP contribution in [0.1, 0.15) is 66.2 Å². The van der Waals surface area contributed by atoms with Crippen LogP contribution in [-0.2, 0) is 19.5 Å². The van der Waals surface area contributed by atoms with Crippen molar-refractivity contribution < 1.29 is 0 Å². The van der Waals surface area contributed by atoms with E-state index < -0.39 is 0 Å². The Morgan fingerprint density at radius 3 is 2.85 bits per heavy atom. The molecule has 0 unspecified atom stereocenters. The van der Waals surface area contributed by atoms with Crippen molar-refractivity contribution in [3.63, 3.8) is 0 Å². The summed E-state index contributed by atoms with van der Waals surface area (Å²) in [5.74, 6) is 1.33. The monoisotopic (exact) mass is 371 g/mol. The van der Waals surface area contributed by atoms with Gasteiger partial charge in [0.1, 0.15) is 5.82 Å². The largest absolute Gasteiger partial charge is 0.310 e. The van der Waals surface area contributed by atoms with Crippen molar-refractivity contribution in [3.05, 3.63) is 61.8 Å². The summed E-state index contributed by atoms with van der Waals surface area (Å²) in [5, 5.41) is 0.814. The molecule has 0 amide bonds. The number of aryl methyl sites for hydroxylation is 1. The highest BCUT2D eigenvalue weighted by Crippen LogP contribution is 2.31. The molecule has 1 aromatic carbocycles. The van der Waals surface area contributed by atoms with Crippen LogP contribution in [0.5, 0.6) is 0 Å². The van der Waals surface area contributed by atoms with Crippen molar-refractivity contribution in [2.45, 2.75) is 64.5 Å². The van der Waals surface area contributed by atoms with Gasteiger partial charge in [-0.15, -0.1) is 0 Å². The maximum atomic E-state index is 12.5. The van der Waals surface area contributed by atoms with Crippen LogP contribution in [0.4, 0.5) is 0 Å². The first-order valence-electron chi connectivity index (χ1n) is 9.69. The minimum absolute atomic E-state index is 0.0774. The van der Waals surface area contributed by atoms with Crippen LogP contribution < -0.4 is 5.56 Å². The molecule has 138 valence electrons. The van der Waals surface area contributed by atoms with Gasteiger partial charge in [-0.3, -0.25) is 9.69 Å². The molecule has 0 saturated heterocycles. The van der Waals surface area contributed by atoms with E-state index in [1.54, 1.807) is 0 Å². The number of hydrogen-bond acceptors (Lipinski definition) is 3. The summed E-state index contributed by atoms with van der Waals surface area (Å²) in [6.45, 7) is 4.48. The Labute approximate surface area is 159 Å². The fraction of sp³-hybridized carbons (Fsp3) is 0.524. The molecule has 2 aliphatic rings. The number of nitrogens with zero attached hydrogens (tertiary/aromatic N) is 2. The molecule has 2 heterocycles. The Kier molecular flexibility index (Phi) is 5.14. The Morgan fingerprint density at radius 2 is 2.08 bits per heavy atom. The number of aromatic amines is 1. The summed E-state index contributed by atoms with van der Waals surface area (Å²) in [7, 11) is 0. The lowest BCUT2D eigenvalue weighted by Gasteiger charge is -2.29. The fourth-order valence-electron chi connectivity index (χ4n) is 4.21. The van der Waals surface area contributed by atoms with Gasteiger partial charge in [0, 0.05) is 36.1 Å². The molecule has 1 aliphatic carbocycles. The minimum Gasteiger partial charge on any atom is -0.310 e. The molecule has 1 N–H and O–H groups in total. The smallest absolute Gasteiger partial charge is 0.254 e. The highest BCUT2D eigenvalue weighted by atomic mass is 35.5. The molecule has 0 radical (unpaired) electrons. The summed E-state index contributed by atoms with van der Waals surface area (Å²) in [4.78, 5) is 22.9. The number of nitrogens with one attached hydrogen (secondary N) is 1. The topological polar surface area (TPSA) is 49.0 Å². The number of benzene rings is 1. The van der Waals surface area contributed by atoms with Crippen LogP contribution in [0.25, 0.3) is 0 Å². The van der Waals surface area contributed by atoms with Gasteiger partial charge in [-0.2, -0.15) is 0 Å². The average molecular weight is 372 g/mol. The number of rotatable bonds is 3. The summed E-state index contributed by atoms with van der Waals surface area (Å²) >= 11 is 6.26. The molecule has 5 heteroatoms. The molecule has 1 fully saturated rings. The van der Waals surface area contributed by atoms with Gasteiger partial charge in [0.15, 0.2) is 0 Å². The lowest BCUT2D eigenvalue weighted by molar-refractivity contribution is 0.239. The second kappa shape index (κ2) is 7.53. The molecule has 0 bridgehead atoms. The van der Waals surface area contributed by atoms with Crippen molar-refractivity contribution in [1.29, 1.82) is 0 Å². The fourth-order valence-corrected chi connectivity index (χ4v) is 4.41. The highest BCUT2D eigenvalue weighted by Gasteiger charge is 2.24. The predicted octanol–water partition coefficient (Wildman–Crippen LogP) is 4.34. The summed E-state index contributed by atoms with van der Waals surface area (Å²) in [5.41, 5.74) is 4.24. The van der Waals surface area contributed by atoms with Crippen LogP contribution >= 0.6 is 11.6 Å². The second-order valence-corrected chi connectivity index (χ2v) is 8.16. The SMILES string of the molecule is Cc1ccc(CN2CCc3c(nc(C4CCCCC4)[nH]c3=O)C2)cc1Cl. The van der Waals surface area contributed by atoms with Gasteiger partial charge in [-0.1, -0.05) is 43.0 Å². The Balaban J connectivity index is 1.54. The van der Waals surface area contributed by atoms with Gasteiger partial charge in [-0.05, 0) is 43.4 Å². The minimum atomic E-state index is 0.0774. The first-order valence-corrected chi connectivity index (χ1v) is 10.1.